The van der Waals surface area contributed by atoms with Gasteiger partial charge in [0.2, 0.25) is 0 Å². The second kappa shape index (κ2) is 6.48. The number of carbonyl (C=O) groups is 1. The lowest BCUT2D eigenvalue weighted by Crippen LogP contribution is -2.47. The number of benzene rings is 1. The third-order valence-corrected chi connectivity index (χ3v) is 4.59. The van der Waals surface area contributed by atoms with Crippen LogP contribution in [0.2, 0.25) is 0 Å². The van der Waals surface area contributed by atoms with Gasteiger partial charge in [-0.05, 0) is 38.6 Å². The second-order valence-electron chi connectivity index (χ2n) is 5.49. The molecular formula is C17H22N2O2S. The number of thiocarbonyl (C=S) groups is 1. The highest BCUT2D eigenvalue weighted by atomic mass is 32.1. The minimum absolute atomic E-state index is 0.219. The Hall–Kier alpha value is -1.88. The molecule has 4 nitrogen and oxygen atoms in total. The predicted molar refractivity (Wildman–Crippen MR) is 91.4 cm³/mol. The predicted octanol–water partition coefficient (Wildman–Crippen LogP) is 3.04. The van der Waals surface area contributed by atoms with E-state index in [1.165, 1.54) is 5.56 Å². The summed E-state index contributed by atoms with van der Waals surface area (Å²) in [4.78, 5) is 16.3. The van der Waals surface area contributed by atoms with E-state index in [0.717, 1.165) is 11.3 Å². The van der Waals surface area contributed by atoms with Gasteiger partial charge in [0.15, 0.2) is 5.11 Å². The van der Waals surface area contributed by atoms with Crippen LogP contribution in [0.4, 0.5) is 0 Å². The molecule has 1 aromatic carbocycles. The summed E-state index contributed by atoms with van der Waals surface area (Å²) in [5, 5.41) is 0.691. The normalized spacial score (nSPS) is 18.8. The maximum absolute atomic E-state index is 12.5. The van der Waals surface area contributed by atoms with Gasteiger partial charge >= 0.3 is 5.97 Å². The Kier molecular flexibility index (Phi) is 4.86. The molecule has 1 unspecified atom stereocenters. The number of aryl methyl sites for hydroxylation is 1. The number of nitrogens with zero attached hydrogens (tertiary/aromatic N) is 2. The van der Waals surface area contributed by atoms with E-state index >= 15 is 0 Å². The number of ether oxygens (including phenoxy) is 1. The van der Waals surface area contributed by atoms with Crippen LogP contribution >= 0.6 is 12.2 Å². The van der Waals surface area contributed by atoms with Gasteiger partial charge in [-0.1, -0.05) is 29.8 Å². The van der Waals surface area contributed by atoms with Crippen LogP contribution in [0.1, 0.15) is 31.0 Å². The Bertz CT molecular complexity index is 622. The molecule has 0 bridgehead atoms. The molecule has 0 amide bonds. The van der Waals surface area contributed by atoms with E-state index in [1.54, 1.807) is 0 Å². The van der Waals surface area contributed by atoms with E-state index in [2.05, 4.69) is 0 Å². The summed E-state index contributed by atoms with van der Waals surface area (Å²) in [5.74, 6) is -0.285. The zero-order valence-corrected chi connectivity index (χ0v) is 14.5. The summed E-state index contributed by atoms with van der Waals surface area (Å²) < 4.78 is 5.27. The van der Waals surface area contributed by atoms with Crippen LogP contribution in [0.5, 0.6) is 0 Å². The molecule has 2 rings (SSSR count). The minimum atomic E-state index is -0.285. The minimum Gasteiger partial charge on any atom is -0.463 e. The van der Waals surface area contributed by atoms with Crippen LogP contribution in [-0.4, -0.2) is 41.6 Å². The SMILES string of the molecule is CCOC(=O)C1=C(C)N(C)C(=S)N(C)C1c1ccc(C)cc1. The summed E-state index contributed by atoms with van der Waals surface area (Å²) in [6.45, 7) is 6.12. The number of hydrogen-bond acceptors (Lipinski definition) is 3. The summed E-state index contributed by atoms with van der Waals surface area (Å²) >= 11 is 5.50. The number of esters is 1. The van der Waals surface area contributed by atoms with Crippen LogP contribution in [0.3, 0.4) is 0 Å². The van der Waals surface area contributed by atoms with Gasteiger partial charge in [0, 0.05) is 19.8 Å². The average Bonchev–Trinajstić information content (AvgIpc) is 2.50. The van der Waals surface area contributed by atoms with Gasteiger partial charge in [0.25, 0.3) is 0 Å². The van der Waals surface area contributed by atoms with E-state index in [9.17, 15) is 4.79 Å². The van der Waals surface area contributed by atoms with Gasteiger partial charge in [-0.15, -0.1) is 0 Å². The zero-order chi connectivity index (χ0) is 16.4. The van der Waals surface area contributed by atoms with Crippen molar-refractivity contribution in [1.82, 2.24) is 9.80 Å². The second-order valence-corrected chi connectivity index (χ2v) is 5.85. The molecule has 1 aliphatic rings. The van der Waals surface area contributed by atoms with Crippen LogP contribution in [0.25, 0.3) is 0 Å². The number of rotatable bonds is 3. The zero-order valence-electron chi connectivity index (χ0n) is 13.7. The van der Waals surface area contributed by atoms with Gasteiger partial charge in [-0.25, -0.2) is 4.79 Å². The maximum Gasteiger partial charge on any atom is 0.338 e. The molecule has 0 saturated carbocycles. The smallest absolute Gasteiger partial charge is 0.338 e. The topological polar surface area (TPSA) is 32.8 Å². The maximum atomic E-state index is 12.5. The highest BCUT2D eigenvalue weighted by Crippen LogP contribution is 2.36. The van der Waals surface area contributed by atoms with Crippen LogP contribution in [0, 0.1) is 6.92 Å². The molecule has 1 aliphatic heterocycles. The Morgan fingerprint density at radius 1 is 1.23 bits per heavy atom. The van der Waals surface area contributed by atoms with E-state index in [1.807, 2.05) is 68.9 Å². The molecule has 0 fully saturated rings. The third-order valence-electron chi connectivity index (χ3n) is 4.03. The number of allylic oxidation sites excluding steroid dienone is 1. The first-order chi connectivity index (χ1) is 10.4. The summed E-state index contributed by atoms with van der Waals surface area (Å²) in [7, 11) is 3.79. The lowest BCUT2D eigenvalue weighted by molar-refractivity contribution is -0.139. The summed E-state index contributed by atoms with van der Waals surface area (Å²) in [6.07, 6.45) is 0. The third kappa shape index (κ3) is 2.86. The Balaban J connectivity index is 2.57. The fourth-order valence-corrected chi connectivity index (χ4v) is 2.91. The monoisotopic (exact) mass is 318 g/mol. The first-order valence-electron chi connectivity index (χ1n) is 7.33. The van der Waals surface area contributed by atoms with Crippen LogP contribution < -0.4 is 0 Å². The van der Waals surface area contributed by atoms with Crippen molar-refractivity contribution in [3.63, 3.8) is 0 Å². The largest absolute Gasteiger partial charge is 0.463 e. The van der Waals surface area contributed by atoms with E-state index in [0.29, 0.717) is 17.3 Å². The molecule has 0 radical (unpaired) electrons. The molecule has 0 saturated heterocycles. The van der Waals surface area contributed by atoms with Crippen LogP contribution in [-0.2, 0) is 9.53 Å². The van der Waals surface area contributed by atoms with E-state index in [-0.39, 0.29) is 12.0 Å². The first-order valence-corrected chi connectivity index (χ1v) is 7.74. The molecular weight excluding hydrogens is 296 g/mol. The quantitative estimate of drug-likeness (QED) is 0.632. The Morgan fingerprint density at radius 3 is 2.36 bits per heavy atom. The van der Waals surface area contributed by atoms with Gasteiger partial charge in [-0.3, -0.25) is 0 Å². The molecule has 1 aromatic rings. The molecule has 0 aliphatic carbocycles. The van der Waals surface area contributed by atoms with E-state index < -0.39 is 0 Å². The van der Waals surface area contributed by atoms with Crippen molar-refractivity contribution >= 4 is 23.3 Å². The fourth-order valence-electron chi connectivity index (χ4n) is 2.67. The molecule has 0 aromatic heterocycles. The van der Waals surface area contributed by atoms with Crippen molar-refractivity contribution in [1.29, 1.82) is 0 Å². The number of likely N-dealkylation sites (N-methyl/N-ethyl adjacent to an activating group) is 1. The van der Waals surface area contributed by atoms with E-state index in [4.69, 9.17) is 17.0 Å². The number of carbonyl (C=O) groups excluding carboxylic acids is 1. The van der Waals surface area contributed by atoms with Crippen molar-refractivity contribution in [3.8, 4) is 0 Å². The highest BCUT2D eigenvalue weighted by molar-refractivity contribution is 7.80. The van der Waals surface area contributed by atoms with Crippen LogP contribution in [0.15, 0.2) is 35.5 Å². The van der Waals surface area contributed by atoms with Crippen molar-refractivity contribution in [2.24, 2.45) is 0 Å². The highest BCUT2D eigenvalue weighted by Gasteiger charge is 2.37. The summed E-state index contributed by atoms with van der Waals surface area (Å²) in [5.41, 5.74) is 3.70. The van der Waals surface area contributed by atoms with Crippen molar-refractivity contribution < 1.29 is 9.53 Å². The Morgan fingerprint density at radius 2 is 1.82 bits per heavy atom. The summed E-state index contributed by atoms with van der Waals surface area (Å²) in [6, 6.07) is 7.95. The average molecular weight is 318 g/mol. The molecule has 22 heavy (non-hydrogen) atoms. The standard InChI is InChI=1S/C17H22N2O2S/c1-6-21-16(20)14-12(3)18(4)17(22)19(5)15(14)13-9-7-11(2)8-10-13/h7-10,15H,6H2,1-5H3. The van der Waals surface area contributed by atoms with Gasteiger partial charge in [-0.2, -0.15) is 0 Å². The Labute approximate surface area is 137 Å². The fraction of sp³-hybridized carbons (Fsp3) is 0.412. The van der Waals surface area contributed by atoms with Crippen molar-refractivity contribution in [2.45, 2.75) is 26.8 Å². The van der Waals surface area contributed by atoms with Gasteiger partial charge in [0.05, 0.1) is 18.2 Å². The van der Waals surface area contributed by atoms with Crippen molar-refractivity contribution in [3.05, 3.63) is 46.7 Å². The molecule has 1 heterocycles. The van der Waals surface area contributed by atoms with Gasteiger partial charge in [0.1, 0.15) is 0 Å². The molecule has 118 valence electrons. The molecule has 0 spiro atoms. The first kappa shape index (κ1) is 16.5. The molecule has 5 heteroatoms. The number of hydrogen-bond donors (Lipinski definition) is 0. The lowest BCUT2D eigenvalue weighted by atomic mass is 9.93. The van der Waals surface area contributed by atoms with Crippen molar-refractivity contribution in [2.75, 3.05) is 20.7 Å². The molecule has 1 atom stereocenters. The molecule has 0 N–H and O–H groups in total. The van der Waals surface area contributed by atoms with Gasteiger partial charge < -0.3 is 14.5 Å². The lowest BCUT2D eigenvalue weighted by Gasteiger charge is -2.41.